The van der Waals surface area contributed by atoms with Crippen molar-refractivity contribution in [1.82, 2.24) is 19.7 Å². The van der Waals surface area contributed by atoms with Crippen molar-refractivity contribution in [3.8, 4) is 22.9 Å². The average Bonchev–Trinajstić information content (AvgIpc) is 3.50. The van der Waals surface area contributed by atoms with E-state index in [0.29, 0.717) is 55.8 Å². The van der Waals surface area contributed by atoms with Crippen LogP contribution in [0.3, 0.4) is 0 Å². The summed E-state index contributed by atoms with van der Waals surface area (Å²) in [5.41, 5.74) is 3.06. The molecule has 4 heterocycles. The number of nitrogens with zero attached hydrogens (tertiary/aromatic N) is 4. The standard InChI is InChI=1S/C25H18Cl2N6O3/c1-13-21(24(34)30-16-3-2-8-28-11-16)22(14-4-7-19-20(9-14)36-12-35-19)33-25(29-13)31-23(32-33)17-6-5-15(26)10-18(17)27/h2-11,22H,12H2,1H3,(H,30,34)(H,29,31,32). The topological polar surface area (TPSA) is 103 Å². The first kappa shape index (κ1) is 22.4. The highest BCUT2D eigenvalue weighted by molar-refractivity contribution is 6.36. The van der Waals surface area contributed by atoms with E-state index in [4.69, 9.17) is 37.8 Å². The van der Waals surface area contributed by atoms with Gasteiger partial charge in [-0.05, 0) is 55.0 Å². The minimum Gasteiger partial charge on any atom is -0.454 e. The Labute approximate surface area is 215 Å². The number of amides is 1. The Morgan fingerprint density at radius 3 is 2.81 bits per heavy atom. The number of halogens is 2. The van der Waals surface area contributed by atoms with E-state index in [2.05, 4.69) is 20.6 Å². The Morgan fingerprint density at radius 1 is 1.14 bits per heavy atom. The summed E-state index contributed by atoms with van der Waals surface area (Å²) in [7, 11) is 0. The highest BCUT2D eigenvalue weighted by atomic mass is 35.5. The van der Waals surface area contributed by atoms with Crippen LogP contribution in [0.2, 0.25) is 10.0 Å². The normalized spacial score (nSPS) is 15.9. The largest absolute Gasteiger partial charge is 0.454 e. The summed E-state index contributed by atoms with van der Waals surface area (Å²) in [6.45, 7) is 1.97. The van der Waals surface area contributed by atoms with Gasteiger partial charge in [0.1, 0.15) is 6.04 Å². The van der Waals surface area contributed by atoms with Crippen LogP contribution in [0.4, 0.5) is 11.6 Å². The van der Waals surface area contributed by atoms with Crippen LogP contribution in [-0.2, 0) is 4.79 Å². The number of anilines is 2. The number of carbonyl (C=O) groups excluding carboxylic acids is 1. The molecule has 1 atom stereocenters. The van der Waals surface area contributed by atoms with Crippen LogP contribution in [0.5, 0.6) is 11.5 Å². The maximum atomic E-state index is 13.6. The average molecular weight is 521 g/mol. The van der Waals surface area contributed by atoms with Crippen molar-refractivity contribution in [2.75, 3.05) is 17.4 Å². The molecular weight excluding hydrogens is 503 g/mol. The number of pyridine rings is 1. The highest BCUT2D eigenvalue weighted by Crippen LogP contribution is 2.41. The van der Waals surface area contributed by atoms with Gasteiger partial charge in [0.15, 0.2) is 17.3 Å². The molecule has 4 aromatic rings. The van der Waals surface area contributed by atoms with Gasteiger partial charge in [-0.25, -0.2) is 4.68 Å². The van der Waals surface area contributed by atoms with Crippen molar-refractivity contribution in [3.05, 3.63) is 87.8 Å². The molecule has 0 radical (unpaired) electrons. The van der Waals surface area contributed by atoms with Crippen LogP contribution in [-0.4, -0.2) is 32.4 Å². The number of allylic oxidation sites excluding steroid dienone is 1. The molecule has 2 aromatic carbocycles. The molecule has 11 heteroatoms. The Hall–Kier alpha value is -4.08. The SMILES string of the molecule is CC1=C(C(=O)Nc2cccnc2)C(c2ccc3c(c2)OCO3)n2nc(-c3ccc(Cl)cc3Cl)nc2N1. The van der Waals surface area contributed by atoms with E-state index in [-0.39, 0.29) is 12.7 Å². The summed E-state index contributed by atoms with van der Waals surface area (Å²) >= 11 is 12.5. The van der Waals surface area contributed by atoms with Gasteiger partial charge in [0, 0.05) is 22.5 Å². The Balaban J connectivity index is 1.47. The summed E-state index contributed by atoms with van der Waals surface area (Å²) in [6, 6.07) is 13.6. The molecule has 0 fully saturated rings. The van der Waals surface area contributed by atoms with Crippen LogP contribution >= 0.6 is 23.2 Å². The molecule has 1 amide bonds. The predicted octanol–water partition coefficient (Wildman–Crippen LogP) is 5.30. The molecule has 6 rings (SSSR count). The lowest BCUT2D eigenvalue weighted by molar-refractivity contribution is -0.113. The minimum absolute atomic E-state index is 0.141. The van der Waals surface area contributed by atoms with Gasteiger partial charge in [0.2, 0.25) is 12.7 Å². The third-order valence-corrected chi connectivity index (χ3v) is 6.45. The lowest BCUT2D eigenvalue weighted by Crippen LogP contribution is -2.31. The first-order valence-electron chi connectivity index (χ1n) is 11.0. The van der Waals surface area contributed by atoms with Crippen LogP contribution < -0.4 is 20.1 Å². The molecular formula is C25H18Cl2N6O3. The van der Waals surface area contributed by atoms with Crippen molar-refractivity contribution in [1.29, 1.82) is 0 Å². The van der Waals surface area contributed by atoms with E-state index in [1.165, 1.54) is 0 Å². The van der Waals surface area contributed by atoms with Gasteiger partial charge < -0.3 is 20.1 Å². The number of nitrogens with one attached hydrogen (secondary N) is 2. The first-order valence-corrected chi connectivity index (χ1v) is 11.7. The molecule has 0 saturated carbocycles. The smallest absolute Gasteiger partial charge is 0.255 e. The molecule has 9 nitrogen and oxygen atoms in total. The molecule has 2 N–H and O–H groups in total. The molecule has 2 aromatic heterocycles. The van der Waals surface area contributed by atoms with Gasteiger partial charge in [-0.2, -0.15) is 4.98 Å². The molecule has 2 aliphatic heterocycles. The molecule has 36 heavy (non-hydrogen) atoms. The van der Waals surface area contributed by atoms with Crippen LogP contribution in [0.25, 0.3) is 11.4 Å². The Bertz CT molecular complexity index is 1540. The number of hydrogen-bond acceptors (Lipinski definition) is 7. The van der Waals surface area contributed by atoms with Gasteiger partial charge >= 0.3 is 0 Å². The van der Waals surface area contributed by atoms with Crippen molar-refractivity contribution in [2.24, 2.45) is 0 Å². The molecule has 0 saturated heterocycles. The highest BCUT2D eigenvalue weighted by Gasteiger charge is 2.35. The van der Waals surface area contributed by atoms with Crippen molar-refractivity contribution < 1.29 is 14.3 Å². The monoisotopic (exact) mass is 520 g/mol. The van der Waals surface area contributed by atoms with Crippen molar-refractivity contribution >= 4 is 40.7 Å². The lowest BCUT2D eigenvalue weighted by atomic mass is 9.94. The summed E-state index contributed by atoms with van der Waals surface area (Å²) in [6.07, 6.45) is 3.23. The molecule has 2 aliphatic rings. The molecule has 0 aliphatic carbocycles. The summed E-state index contributed by atoms with van der Waals surface area (Å²) in [4.78, 5) is 22.3. The second-order valence-electron chi connectivity index (χ2n) is 8.20. The number of hydrogen-bond donors (Lipinski definition) is 2. The van der Waals surface area contributed by atoms with Crippen LogP contribution in [0.1, 0.15) is 18.5 Å². The third-order valence-electron chi connectivity index (χ3n) is 5.90. The number of ether oxygens (including phenoxy) is 2. The fraction of sp³-hybridized carbons (Fsp3) is 0.120. The first-order chi connectivity index (χ1) is 17.5. The summed E-state index contributed by atoms with van der Waals surface area (Å²) in [5, 5.41) is 11.8. The maximum absolute atomic E-state index is 13.6. The fourth-order valence-corrected chi connectivity index (χ4v) is 4.75. The van der Waals surface area contributed by atoms with E-state index in [1.807, 2.05) is 25.1 Å². The second kappa shape index (κ2) is 8.85. The predicted molar refractivity (Wildman–Crippen MR) is 135 cm³/mol. The van der Waals surface area contributed by atoms with Gasteiger partial charge in [0.05, 0.1) is 22.5 Å². The van der Waals surface area contributed by atoms with Crippen molar-refractivity contribution in [3.63, 3.8) is 0 Å². The van der Waals surface area contributed by atoms with Crippen LogP contribution in [0.15, 0.2) is 72.2 Å². The third kappa shape index (κ3) is 3.92. The minimum atomic E-state index is -0.611. The second-order valence-corrected chi connectivity index (χ2v) is 9.05. The van der Waals surface area contributed by atoms with Gasteiger partial charge in [-0.1, -0.05) is 29.3 Å². The number of fused-ring (bicyclic) bond motifs is 2. The number of aromatic nitrogens is 4. The number of benzene rings is 2. The van der Waals surface area contributed by atoms with E-state index in [1.54, 1.807) is 47.4 Å². The quantitative estimate of drug-likeness (QED) is 0.376. The number of rotatable bonds is 4. The van der Waals surface area contributed by atoms with E-state index in [9.17, 15) is 4.79 Å². The van der Waals surface area contributed by atoms with Crippen molar-refractivity contribution in [2.45, 2.75) is 13.0 Å². The van der Waals surface area contributed by atoms with Crippen LogP contribution in [0, 0.1) is 0 Å². The molecule has 1 unspecified atom stereocenters. The van der Waals surface area contributed by atoms with Gasteiger partial charge in [0.25, 0.3) is 5.91 Å². The Kier molecular flexibility index (Phi) is 5.50. The fourth-order valence-electron chi connectivity index (χ4n) is 4.26. The molecule has 180 valence electrons. The van der Waals surface area contributed by atoms with E-state index in [0.717, 1.165) is 5.56 Å². The Morgan fingerprint density at radius 2 is 2.00 bits per heavy atom. The zero-order valence-electron chi connectivity index (χ0n) is 18.8. The maximum Gasteiger partial charge on any atom is 0.255 e. The summed E-state index contributed by atoms with van der Waals surface area (Å²) in [5.74, 6) is 1.80. The van der Waals surface area contributed by atoms with E-state index >= 15 is 0 Å². The number of carbonyl (C=O) groups is 1. The summed E-state index contributed by atoms with van der Waals surface area (Å²) < 4.78 is 12.7. The van der Waals surface area contributed by atoms with Gasteiger partial charge in [-0.15, -0.1) is 5.10 Å². The molecule has 0 spiro atoms. The zero-order chi connectivity index (χ0) is 24.8. The lowest BCUT2D eigenvalue weighted by Gasteiger charge is -2.28. The van der Waals surface area contributed by atoms with Gasteiger partial charge in [-0.3, -0.25) is 9.78 Å². The molecule has 0 bridgehead atoms. The zero-order valence-corrected chi connectivity index (χ0v) is 20.3. The van der Waals surface area contributed by atoms with E-state index < -0.39 is 6.04 Å².